The van der Waals surface area contributed by atoms with E-state index in [-0.39, 0.29) is 5.91 Å². The van der Waals surface area contributed by atoms with Crippen LogP contribution >= 0.6 is 0 Å². The summed E-state index contributed by atoms with van der Waals surface area (Å²) in [5.41, 5.74) is 7.88. The van der Waals surface area contributed by atoms with E-state index < -0.39 is 0 Å². The second-order valence-electron chi connectivity index (χ2n) is 5.02. The van der Waals surface area contributed by atoms with E-state index in [1.165, 1.54) is 0 Å². The summed E-state index contributed by atoms with van der Waals surface area (Å²) in [6.07, 6.45) is 2.24. The van der Waals surface area contributed by atoms with Crippen LogP contribution in [0.2, 0.25) is 0 Å². The first kappa shape index (κ1) is 13.6. The first-order valence-electron chi connectivity index (χ1n) is 6.76. The van der Waals surface area contributed by atoms with Gasteiger partial charge in [-0.15, -0.1) is 0 Å². The van der Waals surface area contributed by atoms with Gasteiger partial charge in [0.05, 0.1) is 6.54 Å². The van der Waals surface area contributed by atoms with E-state index in [0.29, 0.717) is 24.1 Å². The highest BCUT2D eigenvalue weighted by Crippen LogP contribution is 2.33. The van der Waals surface area contributed by atoms with Crippen molar-refractivity contribution in [3.63, 3.8) is 0 Å². The zero-order valence-electron chi connectivity index (χ0n) is 11.5. The fourth-order valence-corrected chi connectivity index (χ4v) is 2.22. The van der Waals surface area contributed by atoms with Crippen molar-refractivity contribution >= 4 is 5.91 Å². The first-order chi connectivity index (χ1) is 9.15. The lowest BCUT2D eigenvalue weighted by Crippen LogP contribution is -2.27. The van der Waals surface area contributed by atoms with E-state index in [1.54, 1.807) is 0 Å². The Kier molecular flexibility index (Phi) is 4.24. The predicted molar refractivity (Wildman–Crippen MR) is 76.8 cm³/mol. The number of hydrogen-bond donors (Lipinski definition) is 2. The number of rotatable bonds is 3. The van der Waals surface area contributed by atoms with Gasteiger partial charge in [-0.25, -0.2) is 0 Å². The van der Waals surface area contributed by atoms with Gasteiger partial charge in [0.25, 0.3) is 5.91 Å². The molecule has 0 heterocycles. The Morgan fingerprint density at radius 1 is 1.53 bits per heavy atom. The maximum Gasteiger partial charge on any atom is 0.251 e. The molecule has 1 amide bonds. The van der Waals surface area contributed by atoms with Crippen LogP contribution in [0, 0.1) is 24.7 Å². The Labute approximate surface area is 114 Å². The van der Waals surface area contributed by atoms with Gasteiger partial charge in [-0.2, -0.15) is 0 Å². The van der Waals surface area contributed by atoms with Crippen molar-refractivity contribution in [2.45, 2.75) is 32.7 Å². The molecule has 1 aromatic carbocycles. The minimum atomic E-state index is 0.00912. The average molecular weight is 256 g/mol. The van der Waals surface area contributed by atoms with Crippen molar-refractivity contribution in [1.82, 2.24) is 5.32 Å². The predicted octanol–water partition coefficient (Wildman–Crippen LogP) is 1.83. The molecule has 2 unspecified atom stereocenters. The number of nitrogens with two attached hydrogens (primary N) is 1. The molecule has 19 heavy (non-hydrogen) atoms. The SMILES string of the molecule is CCC1CC1NC(=O)c1cc(C#CCN)ccc1C. The van der Waals surface area contributed by atoms with Gasteiger partial charge in [0.2, 0.25) is 0 Å². The van der Waals surface area contributed by atoms with Crippen LogP contribution in [0.5, 0.6) is 0 Å². The molecule has 3 nitrogen and oxygen atoms in total. The number of nitrogens with one attached hydrogen (secondary N) is 1. The van der Waals surface area contributed by atoms with Gasteiger partial charge in [0.1, 0.15) is 0 Å². The first-order valence-corrected chi connectivity index (χ1v) is 6.76. The topological polar surface area (TPSA) is 55.1 Å². The van der Waals surface area contributed by atoms with E-state index in [9.17, 15) is 4.79 Å². The van der Waals surface area contributed by atoms with Crippen LogP contribution in [-0.2, 0) is 0 Å². The van der Waals surface area contributed by atoms with Crippen LogP contribution in [0.4, 0.5) is 0 Å². The van der Waals surface area contributed by atoms with Crippen LogP contribution in [0.15, 0.2) is 18.2 Å². The summed E-state index contributed by atoms with van der Waals surface area (Å²) in [4.78, 5) is 12.2. The van der Waals surface area contributed by atoms with E-state index in [4.69, 9.17) is 5.73 Å². The molecule has 0 aromatic heterocycles. The third kappa shape index (κ3) is 3.36. The van der Waals surface area contributed by atoms with Crippen LogP contribution in [0.3, 0.4) is 0 Å². The highest BCUT2D eigenvalue weighted by molar-refractivity contribution is 5.96. The summed E-state index contributed by atoms with van der Waals surface area (Å²) in [7, 11) is 0. The zero-order chi connectivity index (χ0) is 13.8. The summed E-state index contributed by atoms with van der Waals surface area (Å²) in [5.74, 6) is 6.43. The van der Waals surface area contributed by atoms with Crippen LogP contribution < -0.4 is 11.1 Å². The molecule has 2 rings (SSSR count). The summed E-state index contributed by atoms with van der Waals surface area (Å²) in [6, 6.07) is 6.05. The molecule has 3 heteroatoms. The van der Waals surface area contributed by atoms with Crippen LogP contribution in [0.1, 0.15) is 41.3 Å². The van der Waals surface area contributed by atoms with Crippen LogP contribution in [0.25, 0.3) is 0 Å². The smallest absolute Gasteiger partial charge is 0.251 e. The molecule has 1 aromatic rings. The van der Waals surface area contributed by atoms with Gasteiger partial charge in [-0.05, 0) is 37.0 Å². The Morgan fingerprint density at radius 2 is 2.32 bits per heavy atom. The molecule has 0 radical (unpaired) electrons. The number of carbonyl (C=O) groups is 1. The van der Waals surface area contributed by atoms with E-state index in [1.807, 2.05) is 25.1 Å². The molecular weight excluding hydrogens is 236 g/mol. The summed E-state index contributed by atoms with van der Waals surface area (Å²) >= 11 is 0. The maximum absolute atomic E-state index is 12.2. The van der Waals surface area contributed by atoms with Gasteiger partial charge in [0, 0.05) is 17.2 Å². The van der Waals surface area contributed by atoms with Crippen molar-refractivity contribution < 1.29 is 4.79 Å². The molecule has 0 saturated heterocycles. The Bertz CT molecular complexity index is 539. The van der Waals surface area contributed by atoms with Gasteiger partial charge in [-0.3, -0.25) is 4.79 Å². The van der Waals surface area contributed by atoms with E-state index >= 15 is 0 Å². The van der Waals surface area contributed by atoms with Crippen molar-refractivity contribution in [3.05, 3.63) is 34.9 Å². The molecule has 1 fully saturated rings. The summed E-state index contributed by atoms with van der Waals surface area (Å²) in [5, 5.41) is 3.08. The molecule has 1 saturated carbocycles. The second-order valence-corrected chi connectivity index (χ2v) is 5.02. The van der Waals surface area contributed by atoms with Crippen LogP contribution in [-0.4, -0.2) is 18.5 Å². The van der Waals surface area contributed by atoms with E-state index in [2.05, 4.69) is 24.1 Å². The van der Waals surface area contributed by atoms with Crippen molar-refractivity contribution in [3.8, 4) is 11.8 Å². The minimum Gasteiger partial charge on any atom is -0.349 e. The number of carbonyl (C=O) groups excluding carboxylic acids is 1. The molecule has 100 valence electrons. The second kappa shape index (κ2) is 5.90. The summed E-state index contributed by atoms with van der Waals surface area (Å²) < 4.78 is 0. The lowest BCUT2D eigenvalue weighted by molar-refractivity contribution is 0.0948. The van der Waals surface area contributed by atoms with Gasteiger partial charge in [0.15, 0.2) is 0 Å². The normalized spacial score (nSPS) is 20.4. The molecule has 0 aliphatic heterocycles. The molecule has 2 atom stereocenters. The minimum absolute atomic E-state index is 0.00912. The summed E-state index contributed by atoms with van der Waals surface area (Å²) in [6.45, 7) is 4.43. The number of amides is 1. The third-order valence-corrected chi connectivity index (χ3v) is 3.58. The monoisotopic (exact) mass is 256 g/mol. The molecule has 3 N–H and O–H groups in total. The lowest BCUT2D eigenvalue weighted by atomic mass is 10.0. The fourth-order valence-electron chi connectivity index (χ4n) is 2.22. The standard InChI is InChI=1S/C16H20N2O/c1-3-13-10-15(13)18-16(19)14-9-12(5-4-8-17)7-6-11(14)2/h6-7,9,13,15H,3,8,10,17H2,1-2H3,(H,18,19). The number of aryl methyl sites for hydroxylation is 1. The van der Waals surface area contributed by atoms with Gasteiger partial charge >= 0.3 is 0 Å². The molecule has 1 aliphatic carbocycles. The molecular formula is C16H20N2O. The highest BCUT2D eigenvalue weighted by Gasteiger charge is 2.36. The third-order valence-electron chi connectivity index (χ3n) is 3.58. The fraction of sp³-hybridized carbons (Fsp3) is 0.438. The Balaban J connectivity index is 2.12. The zero-order valence-corrected chi connectivity index (χ0v) is 11.5. The molecule has 1 aliphatic rings. The largest absolute Gasteiger partial charge is 0.349 e. The number of hydrogen-bond acceptors (Lipinski definition) is 2. The number of benzene rings is 1. The lowest BCUT2D eigenvalue weighted by Gasteiger charge is -2.07. The molecule has 0 spiro atoms. The van der Waals surface area contributed by atoms with E-state index in [0.717, 1.165) is 24.0 Å². The molecule has 0 bridgehead atoms. The van der Waals surface area contributed by atoms with Crippen molar-refractivity contribution in [2.75, 3.05) is 6.54 Å². The Morgan fingerprint density at radius 3 is 2.95 bits per heavy atom. The quantitative estimate of drug-likeness (QED) is 0.811. The maximum atomic E-state index is 12.2. The van der Waals surface area contributed by atoms with Crippen molar-refractivity contribution in [1.29, 1.82) is 0 Å². The highest BCUT2D eigenvalue weighted by atomic mass is 16.1. The Hall–Kier alpha value is -1.79. The van der Waals surface area contributed by atoms with Crippen molar-refractivity contribution in [2.24, 2.45) is 11.7 Å². The van der Waals surface area contributed by atoms with Gasteiger partial charge < -0.3 is 11.1 Å². The van der Waals surface area contributed by atoms with Gasteiger partial charge in [-0.1, -0.05) is 31.3 Å². The average Bonchev–Trinajstić information content (AvgIpc) is 3.16.